The Hall–Kier alpha value is -0.510. The van der Waals surface area contributed by atoms with Crippen molar-refractivity contribution in [2.75, 3.05) is 12.4 Å². The average Bonchev–Trinajstić information content (AvgIpc) is 2.31. The monoisotopic (exact) mass is 224 g/mol. The first kappa shape index (κ1) is 11.0. The van der Waals surface area contributed by atoms with Crippen molar-refractivity contribution in [1.29, 1.82) is 0 Å². The van der Waals surface area contributed by atoms with E-state index in [-0.39, 0.29) is 5.44 Å². The van der Waals surface area contributed by atoms with Crippen LogP contribution in [-0.2, 0) is 10.3 Å². The SMILES string of the molecule is CC(O)(c1ccccc1)C1OCCCS1. The largest absolute Gasteiger partial charge is 0.382 e. The number of benzene rings is 1. The van der Waals surface area contributed by atoms with Gasteiger partial charge in [0.15, 0.2) is 0 Å². The molecule has 2 unspecified atom stereocenters. The molecule has 2 nitrogen and oxygen atoms in total. The first-order chi connectivity index (χ1) is 7.21. The van der Waals surface area contributed by atoms with E-state index in [9.17, 15) is 5.11 Å². The van der Waals surface area contributed by atoms with Crippen LogP contribution < -0.4 is 0 Å². The highest BCUT2D eigenvalue weighted by molar-refractivity contribution is 7.99. The first-order valence-electron chi connectivity index (χ1n) is 5.22. The van der Waals surface area contributed by atoms with Crippen LogP contribution in [-0.4, -0.2) is 22.9 Å². The van der Waals surface area contributed by atoms with E-state index in [4.69, 9.17) is 4.74 Å². The van der Waals surface area contributed by atoms with Crippen LogP contribution in [0.5, 0.6) is 0 Å². The van der Waals surface area contributed by atoms with Crippen LogP contribution in [0.2, 0.25) is 0 Å². The molecule has 3 heteroatoms. The molecule has 1 N–H and O–H groups in total. The van der Waals surface area contributed by atoms with Crippen LogP contribution >= 0.6 is 11.8 Å². The number of aliphatic hydroxyl groups is 1. The van der Waals surface area contributed by atoms with Gasteiger partial charge < -0.3 is 9.84 Å². The molecule has 0 aromatic heterocycles. The van der Waals surface area contributed by atoms with Crippen LogP contribution in [0.25, 0.3) is 0 Å². The standard InChI is InChI=1S/C12H16O2S/c1-12(13,10-6-3-2-4-7-10)11-14-8-5-9-15-11/h2-4,6-7,11,13H,5,8-9H2,1H3. The van der Waals surface area contributed by atoms with Gasteiger partial charge in [-0.05, 0) is 24.7 Å². The fraction of sp³-hybridized carbons (Fsp3) is 0.500. The van der Waals surface area contributed by atoms with Crippen molar-refractivity contribution in [2.24, 2.45) is 0 Å². The molecular formula is C12H16O2S. The lowest BCUT2D eigenvalue weighted by atomic mass is 9.97. The predicted molar refractivity (Wildman–Crippen MR) is 62.8 cm³/mol. The Morgan fingerprint density at radius 2 is 2.13 bits per heavy atom. The molecule has 15 heavy (non-hydrogen) atoms. The number of hydrogen-bond acceptors (Lipinski definition) is 3. The normalized spacial score (nSPS) is 25.9. The van der Waals surface area contributed by atoms with Gasteiger partial charge in [-0.3, -0.25) is 0 Å². The zero-order valence-electron chi connectivity index (χ0n) is 8.85. The third kappa shape index (κ3) is 2.36. The summed E-state index contributed by atoms with van der Waals surface area (Å²) in [6.45, 7) is 2.58. The summed E-state index contributed by atoms with van der Waals surface area (Å²) in [5, 5.41) is 10.5. The Kier molecular flexibility index (Phi) is 3.34. The van der Waals surface area contributed by atoms with Gasteiger partial charge >= 0.3 is 0 Å². The summed E-state index contributed by atoms with van der Waals surface area (Å²) < 4.78 is 5.61. The molecule has 0 saturated carbocycles. The van der Waals surface area contributed by atoms with E-state index in [2.05, 4.69) is 0 Å². The fourth-order valence-electron chi connectivity index (χ4n) is 1.72. The van der Waals surface area contributed by atoms with Crippen LogP contribution in [0.1, 0.15) is 18.9 Å². The molecule has 1 aliphatic heterocycles. The van der Waals surface area contributed by atoms with Gasteiger partial charge in [0.2, 0.25) is 0 Å². The van der Waals surface area contributed by atoms with Crippen LogP contribution in [0.4, 0.5) is 0 Å². The van der Waals surface area contributed by atoms with E-state index in [1.807, 2.05) is 37.3 Å². The maximum atomic E-state index is 10.5. The summed E-state index contributed by atoms with van der Waals surface area (Å²) >= 11 is 1.69. The number of ether oxygens (including phenoxy) is 1. The second-order valence-electron chi connectivity index (χ2n) is 3.94. The molecule has 2 rings (SSSR count). The maximum Gasteiger partial charge on any atom is 0.135 e. The maximum absolute atomic E-state index is 10.5. The lowest BCUT2D eigenvalue weighted by Gasteiger charge is -2.35. The average molecular weight is 224 g/mol. The molecule has 1 heterocycles. The summed E-state index contributed by atoms with van der Waals surface area (Å²) in [6.07, 6.45) is 1.08. The second kappa shape index (κ2) is 4.56. The van der Waals surface area contributed by atoms with E-state index in [0.717, 1.165) is 24.3 Å². The van der Waals surface area contributed by atoms with Crippen LogP contribution in [0.3, 0.4) is 0 Å². The summed E-state index contributed by atoms with van der Waals surface area (Å²) in [4.78, 5) is 0. The van der Waals surface area contributed by atoms with Gasteiger partial charge in [-0.1, -0.05) is 30.3 Å². The molecule has 1 fully saturated rings. The third-order valence-electron chi connectivity index (χ3n) is 2.64. The minimum atomic E-state index is -0.896. The van der Waals surface area contributed by atoms with E-state index in [0.29, 0.717) is 0 Å². The number of hydrogen-bond donors (Lipinski definition) is 1. The fourth-order valence-corrected chi connectivity index (χ4v) is 2.88. The summed E-state index contributed by atoms with van der Waals surface area (Å²) in [7, 11) is 0. The Labute approximate surface area is 94.6 Å². The lowest BCUT2D eigenvalue weighted by molar-refractivity contribution is -0.0612. The zero-order valence-corrected chi connectivity index (χ0v) is 9.67. The lowest BCUT2D eigenvalue weighted by Crippen LogP contribution is -2.38. The van der Waals surface area contributed by atoms with Crippen molar-refractivity contribution in [2.45, 2.75) is 24.4 Å². The van der Waals surface area contributed by atoms with Gasteiger partial charge in [0, 0.05) is 6.61 Å². The summed E-state index contributed by atoms with van der Waals surface area (Å²) in [6, 6.07) is 9.72. The smallest absolute Gasteiger partial charge is 0.135 e. The molecule has 2 atom stereocenters. The third-order valence-corrected chi connectivity index (χ3v) is 4.07. The number of rotatable bonds is 2. The molecule has 1 aromatic rings. The topological polar surface area (TPSA) is 29.5 Å². The zero-order chi connectivity index (χ0) is 10.7. The van der Waals surface area contributed by atoms with Gasteiger partial charge in [-0.2, -0.15) is 0 Å². The van der Waals surface area contributed by atoms with E-state index in [1.54, 1.807) is 11.8 Å². The molecular weight excluding hydrogens is 208 g/mol. The summed E-state index contributed by atoms with van der Waals surface area (Å²) in [5.41, 5.74) is -0.121. The molecule has 0 aliphatic carbocycles. The Morgan fingerprint density at radius 1 is 1.40 bits per heavy atom. The first-order valence-corrected chi connectivity index (χ1v) is 6.27. The molecule has 1 saturated heterocycles. The second-order valence-corrected chi connectivity index (χ2v) is 5.11. The molecule has 0 spiro atoms. The van der Waals surface area contributed by atoms with Gasteiger partial charge in [0.1, 0.15) is 11.0 Å². The molecule has 0 bridgehead atoms. The van der Waals surface area contributed by atoms with Crippen LogP contribution in [0.15, 0.2) is 30.3 Å². The highest BCUT2D eigenvalue weighted by atomic mass is 32.2. The van der Waals surface area contributed by atoms with E-state index >= 15 is 0 Å². The molecule has 0 amide bonds. The molecule has 0 radical (unpaired) electrons. The highest BCUT2D eigenvalue weighted by Gasteiger charge is 2.36. The van der Waals surface area contributed by atoms with Crippen molar-refractivity contribution in [3.8, 4) is 0 Å². The summed E-state index contributed by atoms with van der Waals surface area (Å²) in [5.74, 6) is 1.06. The Morgan fingerprint density at radius 3 is 2.73 bits per heavy atom. The van der Waals surface area contributed by atoms with Crippen molar-refractivity contribution in [3.05, 3.63) is 35.9 Å². The van der Waals surface area contributed by atoms with Crippen molar-refractivity contribution in [1.82, 2.24) is 0 Å². The molecule has 1 aliphatic rings. The van der Waals surface area contributed by atoms with Crippen LogP contribution in [0, 0.1) is 0 Å². The van der Waals surface area contributed by atoms with E-state index in [1.165, 1.54) is 0 Å². The molecule has 1 aromatic carbocycles. The Balaban J connectivity index is 2.18. The molecule has 82 valence electrons. The highest BCUT2D eigenvalue weighted by Crippen LogP contribution is 2.35. The van der Waals surface area contributed by atoms with Crippen molar-refractivity contribution >= 4 is 11.8 Å². The minimum absolute atomic E-state index is 0.145. The number of thioether (sulfide) groups is 1. The Bertz CT molecular complexity index is 305. The minimum Gasteiger partial charge on any atom is -0.382 e. The van der Waals surface area contributed by atoms with Crippen molar-refractivity contribution < 1.29 is 9.84 Å². The van der Waals surface area contributed by atoms with Gasteiger partial charge in [-0.15, -0.1) is 11.8 Å². The van der Waals surface area contributed by atoms with Crippen molar-refractivity contribution in [3.63, 3.8) is 0 Å². The quantitative estimate of drug-likeness (QED) is 0.836. The predicted octanol–water partition coefficient (Wildman–Crippen LogP) is 2.37. The van der Waals surface area contributed by atoms with Gasteiger partial charge in [-0.25, -0.2) is 0 Å². The van der Waals surface area contributed by atoms with E-state index < -0.39 is 5.60 Å². The van der Waals surface area contributed by atoms with Gasteiger partial charge in [0.05, 0.1) is 0 Å². The van der Waals surface area contributed by atoms with Gasteiger partial charge in [0.25, 0.3) is 0 Å².